The molecule has 0 saturated carbocycles. The molecule has 38 heavy (non-hydrogen) atoms. The fourth-order valence-electron chi connectivity index (χ4n) is 4.40. The van der Waals surface area contributed by atoms with Gasteiger partial charge in [-0.05, 0) is 48.8 Å². The highest BCUT2D eigenvalue weighted by molar-refractivity contribution is 7.89. The van der Waals surface area contributed by atoms with Gasteiger partial charge in [-0.25, -0.2) is 8.42 Å². The molecule has 0 radical (unpaired) electrons. The highest BCUT2D eigenvalue weighted by Gasteiger charge is 2.37. The number of Topliss-reactive ketones (excluding diaryl/α,β-unsaturated/α-hetero) is 1. The van der Waals surface area contributed by atoms with E-state index in [0.717, 1.165) is 20.6 Å². The van der Waals surface area contributed by atoms with E-state index < -0.39 is 45.4 Å². The van der Waals surface area contributed by atoms with E-state index >= 15 is 0 Å². The van der Waals surface area contributed by atoms with Gasteiger partial charge in [0.2, 0.25) is 5.91 Å². The second-order valence-corrected chi connectivity index (χ2v) is 12.6. The van der Waals surface area contributed by atoms with Crippen LogP contribution in [0.4, 0.5) is 0 Å². The lowest BCUT2D eigenvalue weighted by Gasteiger charge is -2.23. The van der Waals surface area contributed by atoms with Crippen LogP contribution >= 0.6 is 11.3 Å². The molecule has 0 spiro atoms. The van der Waals surface area contributed by atoms with Crippen molar-refractivity contribution < 1.29 is 27.5 Å². The standard InChI is InChI=1S/C26H30N4O6S2/c1-17(2)14-20(28-26(33)23-15-18-8-3-4-10-22(18)37-23)25(32)27-19-9-7-12-29(16-21(19)31)38(35,36)24-11-5-6-13-30(24)34/h3-6,8,10-11,13,15,17,19-20H,7,9,12,14,16H2,1-2H3,(H,27,32)(H,28,33)/t19?,20-/m0/s1. The maximum Gasteiger partial charge on any atom is 0.323 e. The van der Waals surface area contributed by atoms with Gasteiger partial charge in [0, 0.05) is 23.4 Å². The number of sulfonamides is 1. The zero-order valence-corrected chi connectivity index (χ0v) is 22.8. The summed E-state index contributed by atoms with van der Waals surface area (Å²) in [6.07, 6.45) is 1.99. The van der Waals surface area contributed by atoms with Crippen molar-refractivity contribution in [1.29, 1.82) is 0 Å². The molecule has 3 aromatic rings. The summed E-state index contributed by atoms with van der Waals surface area (Å²) >= 11 is 1.33. The largest absolute Gasteiger partial charge is 0.618 e. The van der Waals surface area contributed by atoms with E-state index in [1.165, 1.54) is 29.5 Å². The number of nitrogens with one attached hydrogen (secondary N) is 2. The third-order valence-corrected chi connectivity index (χ3v) is 9.26. The highest BCUT2D eigenvalue weighted by Crippen LogP contribution is 2.25. The smallest absolute Gasteiger partial charge is 0.323 e. The quantitative estimate of drug-likeness (QED) is 0.321. The van der Waals surface area contributed by atoms with Crippen molar-refractivity contribution in [2.75, 3.05) is 13.1 Å². The first-order chi connectivity index (χ1) is 18.1. The summed E-state index contributed by atoms with van der Waals surface area (Å²) in [6.45, 7) is 3.42. The minimum absolute atomic E-state index is 0.0352. The summed E-state index contributed by atoms with van der Waals surface area (Å²) in [4.78, 5) is 39.7. The van der Waals surface area contributed by atoms with Crippen molar-refractivity contribution in [3.05, 3.63) is 64.8 Å². The predicted octanol–water partition coefficient (Wildman–Crippen LogP) is 2.22. The number of hydrogen-bond donors (Lipinski definition) is 2. The van der Waals surface area contributed by atoms with E-state index in [4.69, 9.17) is 0 Å². The Labute approximate surface area is 225 Å². The number of amides is 2. The molecule has 10 nitrogen and oxygen atoms in total. The summed E-state index contributed by atoms with van der Waals surface area (Å²) in [7, 11) is -4.20. The lowest BCUT2D eigenvalue weighted by Crippen LogP contribution is -2.52. The Hall–Kier alpha value is -3.35. The maximum absolute atomic E-state index is 13.2. The zero-order valence-electron chi connectivity index (χ0n) is 21.1. The van der Waals surface area contributed by atoms with Gasteiger partial charge in [-0.1, -0.05) is 32.0 Å². The Morgan fingerprint density at radius 1 is 1.18 bits per heavy atom. The minimum atomic E-state index is -4.20. The van der Waals surface area contributed by atoms with Gasteiger partial charge in [-0.15, -0.1) is 11.3 Å². The number of hydrogen-bond acceptors (Lipinski definition) is 7. The molecule has 2 amide bonds. The van der Waals surface area contributed by atoms with Gasteiger partial charge in [0.15, 0.2) is 12.0 Å². The Bertz CT molecular complexity index is 1420. The lowest BCUT2D eigenvalue weighted by molar-refractivity contribution is -0.646. The van der Waals surface area contributed by atoms with Crippen LogP contribution in [0.1, 0.15) is 42.8 Å². The maximum atomic E-state index is 13.2. The molecule has 202 valence electrons. The average Bonchev–Trinajstić information content (AvgIpc) is 3.22. The molecule has 12 heteroatoms. The van der Waals surface area contributed by atoms with E-state index in [1.54, 1.807) is 6.07 Å². The second-order valence-electron chi connectivity index (χ2n) is 9.68. The Kier molecular flexibility index (Phi) is 8.44. The molecular weight excluding hydrogens is 528 g/mol. The Balaban J connectivity index is 1.45. The number of nitrogens with zero attached hydrogens (tertiary/aromatic N) is 2. The van der Waals surface area contributed by atoms with Gasteiger partial charge >= 0.3 is 15.0 Å². The van der Waals surface area contributed by atoms with Crippen LogP contribution in [0.5, 0.6) is 0 Å². The Morgan fingerprint density at radius 2 is 1.92 bits per heavy atom. The van der Waals surface area contributed by atoms with Gasteiger partial charge in [0.05, 0.1) is 17.5 Å². The van der Waals surface area contributed by atoms with E-state index in [-0.39, 0.29) is 29.5 Å². The normalized spacial score (nSPS) is 17.8. The van der Waals surface area contributed by atoms with Crippen LogP contribution in [0.15, 0.2) is 59.8 Å². The van der Waals surface area contributed by atoms with Crippen LogP contribution in [0, 0.1) is 11.1 Å². The predicted molar refractivity (Wildman–Crippen MR) is 143 cm³/mol. The van der Waals surface area contributed by atoms with Crippen molar-refractivity contribution in [3.63, 3.8) is 0 Å². The first-order valence-electron chi connectivity index (χ1n) is 12.4. The van der Waals surface area contributed by atoms with Crippen molar-refractivity contribution >= 4 is 49.0 Å². The molecule has 2 aromatic heterocycles. The molecule has 2 atom stereocenters. The van der Waals surface area contributed by atoms with Gasteiger partial charge in [0.1, 0.15) is 6.04 Å². The number of benzene rings is 1. The van der Waals surface area contributed by atoms with E-state index in [0.29, 0.717) is 17.7 Å². The number of aromatic nitrogens is 1. The molecule has 3 heterocycles. The van der Waals surface area contributed by atoms with Crippen LogP contribution in [-0.2, 0) is 19.6 Å². The van der Waals surface area contributed by atoms with Gasteiger partial charge in [-0.2, -0.15) is 9.04 Å². The SMILES string of the molecule is CC(C)C[C@H](NC(=O)c1cc2ccccc2s1)C(=O)NC1CCCN(S(=O)(=O)c2cccc[n+]2[O-])CC1=O. The number of rotatable bonds is 8. The molecule has 0 aliphatic carbocycles. The summed E-state index contributed by atoms with van der Waals surface area (Å²) in [6, 6.07) is 11.7. The van der Waals surface area contributed by atoms with E-state index in [9.17, 15) is 28.0 Å². The summed E-state index contributed by atoms with van der Waals surface area (Å²) in [5.41, 5.74) is 0. The number of carbonyl (C=O) groups excluding carboxylic acids is 3. The molecule has 1 aliphatic heterocycles. The number of thiophene rings is 1. The summed E-state index contributed by atoms with van der Waals surface area (Å²) in [5.74, 6) is -1.26. The highest BCUT2D eigenvalue weighted by atomic mass is 32.2. The van der Waals surface area contributed by atoms with E-state index in [2.05, 4.69) is 10.6 Å². The number of carbonyl (C=O) groups is 3. The molecule has 1 fully saturated rings. The molecule has 1 unspecified atom stereocenters. The van der Waals surface area contributed by atoms with Crippen molar-refractivity contribution in [1.82, 2.24) is 14.9 Å². The number of fused-ring (bicyclic) bond motifs is 1. The molecule has 1 aromatic carbocycles. The van der Waals surface area contributed by atoms with Crippen LogP contribution in [0.25, 0.3) is 10.1 Å². The van der Waals surface area contributed by atoms with Crippen molar-refractivity contribution in [2.24, 2.45) is 5.92 Å². The lowest BCUT2D eigenvalue weighted by atomic mass is 10.0. The number of ketones is 1. The fourth-order valence-corrected chi connectivity index (χ4v) is 6.83. The average molecular weight is 559 g/mol. The van der Waals surface area contributed by atoms with Crippen LogP contribution in [-0.4, -0.2) is 55.5 Å². The third-order valence-electron chi connectivity index (χ3n) is 6.31. The summed E-state index contributed by atoms with van der Waals surface area (Å²) < 4.78 is 28.2. The third kappa shape index (κ3) is 6.20. The minimum Gasteiger partial charge on any atom is -0.618 e. The van der Waals surface area contributed by atoms with Crippen molar-refractivity contribution in [3.8, 4) is 0 Å². The molecule has 1 saturated heterocycles. The number of pyridine rings is 1. The van der Waals surface area contributed by atoms with Gasteiger partial charge in [-0.3, -0.25) is 14.4 Å². The molecule has 0 bridgehead atoms. The van der Waals surface area contributed by atoms with Crippen LogP contribution < -0.4 is 15.4 Å². The van der Waals surface area contributed by atoms with Crippen molar-refractivity contribution in [2.45, 2.75) is 50.2 Å². The monoisotopic (exact) mass is 558 g/mol. The van der Waals surface area contributed by atoms with E-state index in [1.807, 2.05) is 38.1 Å². The molecule has 4 rings (SSSR count). The molecular formula is C26H30N4O6S2. The zero-order chi connectivity index (χ0) is 27.4. The van der Waals surface area contributed by atoms with Crippen LogP contribution in [0.2, 0.25) is 0 Å². The van der Waals surface area contributed by atoms with Crippen LogP contribution in [0.3, 0.4) is 0 Å². The Morgan fingerprint density at radius 3 is 2.63 bits per heavy atom. The molecule has 1 aliphatic rings. The fraction of sp³-hybridized carbons (Fsp3) is 0.385. The topological polar surface area (TPSA) is 140 Å². The first-order valence-corrected chi connectivity index (χ1v) is 14.6. The first kappa shape index (κ1) is 27.7. The molecule has 2 N–H and O–H groups in total. The summed E-state index contributed by atoms with van der Waals surface area (Å²) in [5, 5.41) is 18.0. The van der Waals surface area contributed by atoms with Gasteiger partial charge < -0.3 is 15.8 Å². The van der Waals surface area contributed by atoms with Gasteiger partial charge in [0.25, 0.3) is 5.91 Å². The second kappa shape index (κ2) is 11.6.